The Morgan fingerprint density at radius 1 is 0.789 bits per heavy atom. The highest BCUT2D eigenvalue weighted by atomic mass is 19.1. The maximum atomic E-state index is 13.9. The summed E-state index contributed by atoms with van der Waals surface area (Å²) < 4.78 is 42.4. The fraction of sp³-hybridized carbons (Fsp3) is 0.0714. The van der Waals surface area contributed by atoms with Crippen molar-refractivity contribution in [1.82, 2.24) is 15.0 Å². The Morgan fingerprint density at radius 3 is 2.03 bits per heavy atom. The molecule has 10 heteroatoms. The van der Waals surface area contributed by atoms with Gasteiger partial charge in [-0.25, -0.2) is 17.9 Å². The molecule has 1 heterocycles. The molecule has 5 rings (SSSR count). The van der Waals surface area contributed by atoms with E-state index in [9.17, 15) is 22.8 Å². The van der Waals surface area contributed by atoms with E-state index in [1.807, 2.05) is 0 Å². The van der Waals surface area contributed by atoms with Crippen LogP contribution in [0.3, 0.4) is 0 Å². The largest absolute Gasteiger partial charge is 0.324 e. The molecule has 0 bridgehead atoms. The van der Waals surface area contributed by atoms with E-state index < -0.39 is 35.3 Å². The number of carbonyl (C=O) groups excluding carboxylic acids is 2. The Morgan fingerprint density at radius 2 is 1.37 bits per heavy atom. The third-order valence-electron chi connectivity index (χ3n) is 5.88. The van der Waals surface area contributed by atoms with Crippen LogP contribution >= 0.6 is 0 Å². The lowest BCUT2D eigenvalue weighted by atomic mass is 10.0. The fourth-order valence-electron chi connectivity index (χ4n) is 4.08. The number of carbonyl (C=O) groups is 2. The van der Waals surface area contributed by atoms with Crippen LogP contribution in [-0.2, 0) is 16.1 Å². The first-order chi connectivity index (χ1) is 18.4. The number of para-hydroxylation sites is 1. The predicted molar refractivity (Wildman–Crippen MR) is 136 cm³/mol. The highest BCUT2D eigenvalue weighted by Crippen LogP contribution is 2.30. The number of benzene rings is 4. The number of nitrogens with one attached hydrogen (secondary N) is 1. The Balaban J connectivity index is 1.58. The Labute approximate surface area is 215 Å². The molecular formula is C28H20F3N5O2. The molecule has 4 aromatic carbocycles. The van der Waals surface area contributed by atoms with E-state index >= 15 is 0 Å². The number of amides is 2. The smallest absolute Gasteiger partial charge is 0.252 e. The zero-order valence-corrected chi connectivity index (χ0v) is 19.8. The third-order valence-corrected chi connectivity index (χ3v) is 5.88. The molecule has 0 aliphatic rings. The predicted octanol–water partition coefficient (Wildman–Crippen LogP) is 5.26. The van der Waals surface area contributed by atoms with Crippen molar-refractivity contribution in [3.05, 3.63) is 120 Å². The molecule has 0 radical (unpaired) electrons. The van der Waals surface area contributed by atoms with Gasteiger partial charge in [0.15, 0.2) is 0 Å². The first-order valence-corrected chi connectivity index (χ1v) is 11.6. The average molecular weight is 515 g/mol. The molecule has 0 saturated carbocycles. The van der Waals surface area contributed by atoms with Crippen LogP contribution in [-0.4, -0.2) is 26.8 Å². The van der Waals surface area contributed by atoms with E-state index in [1.165, 1.54) is 82.4 Å². The van der Waals surface area contributed by atoms with Gasteiger partial charge in [-0.2, -0.15) is 0 Å². The summed E-state index contributed by atoms with van der Waals surface area (Å²) in [6, 6.07) is 21.1. The van der Waals surface area contributed by atoms with Gasteiger partial charge in [0.2, 0.25) is 5.91 Å². The standard InChI is InChI=1S/C28H20F3N5O2/c29-19-7-5-18(6-8-19)27(28(38)32-22-13-9-20(30)10-14-22)36(23-15-11-21(31)12-16-23)26(37)17-35-25-4-2-1-3-24(25)33-34-35/h1-16,27H,17H2,(H,32,38)/t27-/m0/s1. The monoisotopic (exact) mass is 515 g/mol. The van der Waals surface area contributed by atoms with E-state index in [4.69, 9.17) is 0 Å². The number of rotatable bonds is 7. The average Bonchev–Trinajstić information content (AvgIpc) is 3.32. The second-order valence-electron chi connectivity index (χ2n) is 8.43. The third kappa shape index (κ3) is 5.24. The zero-order chi connectivity index (χ0) is 26.6. The van der Waals surface area contributed by atoms with Crippen LogP contribution in [0.15, 0.2) is 97.1 Å². The Bertz CT molecular complexity index is 1590. The van der Waals surface area contributed by atoms with Gasteiger partial charge in [0, 0.05) is 11.4 Å². The number of fused-ring (bicyclic) bond motifs is 1. The zero-order valence-electron chi connectivity index (χ0n) is 19.8. The number of nitrogens with zero attached hydrogens (tertiary/aromatic N) is 4. The molecular weight excluding hydrogens is 495 g/mol. The number of anilines is 2. The van der Waals surface area contributed by atoms with E-state index in [0.29, 0.717) is 16.6 Å². The van der Waals surface area contributed by atoms with Gasteiger partial charge in [0.05, 0.1) is 5.52 Å². The highest BCUT2D eigenvalue weighted by molar-refractivity contribution is 6.05. The number of hydrogen-bond acceptors (Lipinski definition) is 4. The van der Waals surface area contributed by atoms with Crippen LogP contribution < -0.4 is 10.2 Å². The van der Waals surface area contributed by atoms with E-state index in [2.05, 4.69) is 15.6 Å². The van der Waals surface area contributed by atoms with E-state index in [0.717, 1.165) is 0 Å². The fourth-order valence-corrected chi connectivity index (χ4v) is 4.08. The van der Waals surface area contributed by atoms with Gasteiger partial charge in [-0.3, -0.25) is 14.5 Å². The van der Waals surface area contributed by atoms with Gasteiger partial charge in [-0.1, -0.05) is 29.5 Å². The summed E-state index contributed by atoms with van der Waals surface area (Å²) in [7, 11) is 0. The topological polar surface area (TPSA) is 80.1 Å². The van der Waals surface area contributed by atoms with Gasteiger partial charge >= 0.3 is 0 Å². The summed E-state index contributed by atoms with van der Waals surface area (Å²) in [5, 5.41) is 10.8. The normalized spacial score (nSPS) is 11.8. The van der Waals surface area contributed by atoms with Crippen molar-refractivity contribution in [2.75, 3.05) is 10.2 Å². The summed E-state index contributed by atoms with van der Waals surface area (Å²) in [6.07, 6.45) is 0. The van der Waals surface area contributed by atoms with Crippen LogP contribution in [0.1, 0.15) is 11.6 Å². The molecule has 0 aliphatic heterocycles. The lowest BCUT2D eigenvalue weighted by molar-refractivity contribution is -0.124. The summed E-state index contributed by atoms with van der Waals surface area (Å²) in [6.45, 7) is -0.292. The molecule has 0 unspecified atom stereocenters. The quantitative estimate of drug-likeness (QED) is 0.321. The molecule has 38 heavy (non-hydrogen) atoms. The summed E-state index contributed by atoms with van der Waals surface area (Å²) >= 11 is 0. The van der Waals surface area contributed by atoms with Gasteiger partial charge in [0.1, 0.15) is 35.6 Å². The summed E-state index contributed by atoms with van der Waals surface area (Å²) in [5.41, 5.74) is 2.00. The lowest BCUT2D eigenvalue weighted by Crippen LogP contribution is -2.43. The summed E-state index contributed by atoms with van der Waals surface area (Å²) in [4.78, 5) is 28.7. The minimum Gasteiger partial charge on any atom is -0.324 e. The molecule has 1 atom stereocenters. The van der Waals surface area contributed by atoms with Crippen molar-refractivity contribution in [1.29, 1.82) is 0 Å². The van der Waals surface area contributed by atoms with Crippen molar-refractivity contribution in [2.24, 2.45) is 0 Å². The van der Waals surface area contributed by atoms with Crippen molar-refractivity contribution in [3.8, 4) is 0 Å². The van der Waals surface area contributed by atoms with Crippen LogP contribution in [0.2, 0.25) is 0 Å². The molecule has 0 fully saturated rings. The Hall–Kier alpha value is -4.99. The Kier molecular flexibility index (Phi) is 6.86. The van der Waals surface area contributed by atoms with Gasteiger partial charge in [0.25, 0.3) is 5.91 Å². The van der Waals surface area contributed by atoms with Gasteiger partial charge in [-0.15, -0.1) is 5.10 Å². The first-order valence-electron chi connectivity index (χ1n) is 11.6. The SMILES string of the molecule is O=C(Nc1ccc(F)cc1)[C@H](c1ccc(F)cc1)N(C(=O)Cn1nnc2ccccc21)c1ccc(F)cc1. The highest BCUT2D eigenvalue weighted by Gasteiger charge is 2.33. The van der Waals surface area contributed by atoms with Crippen molar-refractivity contribution >= 4 is 34.2 Å². The van der Waals surface area contributed by atoms with Gasteiger partial charge < -0.3 is 5.32 Å². The molecule has 2 amide bonds. The number of aromatic nitrogens is 3. The molecule has 0 spiro atoms. The van der Waals surface area contributed by atoms with E-state index in [1.54, 1.807) is 24.3 Å². The van der Waals surface area contributed by atoms with Gasteiger partial charge in [-0.05, 0) is 78.4 Å². The lowest BCUT2D eigenvalue weighted by Gasteiger charge is -2.31. The van der Waals surface area contributed by atoms with Crippen LogP contribution in [0.4, 0.5) is 24.5 Å². The molecule has 190 valence electrons. The second kappa shape index (κ2) is 10.6. The maximum absolute atomic E-state index is 13.9. The van der Waals surface area contributed by atoms with E-state index in [-0.39, 0.29) is 17.9 Å². The molecule has 1 N–H and O–H groups in total. The maximum Gasteiger partial charge on any atom is 0.252 e. The van der Waals surface area contributed by atoms with Crippen molar-refractivity contribution in [3.63, 3.8) is 0 Å². The number of hydrogen-bond donors (Lipinski definition) is 1. The molecule has 0 aliphatic carbocycles. The molecule has 1 aromatic heterocycles. The van der Waals surface area contributed by atoms with Crippen LogP contribution in [0.5, 0.6) is 0 Å². The molecule has 5 aromatic rings. The second-order valence-corrected chi connectivity index (χ2v) is 8.43. The van der Waals surface area contributed by atoms with Crippen LogP contribution in [0.25, 0.3) is 11.0 Å². The molecule has 0 saturated heterocycles. The van der Waals surface area contributed by atoms with Crippen molar-refractivity contribution < 1.29 is 22.8 Å². The number of halogens is 3. The minimum atomic E-state index is -1.30. The minimum absolute atomic E-state index is 0.226. The molecule has 7 nitrogen and oxygen atoms in total. The van der Waals surface area contributed by atoms with Crippen LogP contribution in [0, 0.1) is 17.5 Å². The first kappa shape index (κ1) is 24.7. The summed E-state index contributed by atoms with van der Waals surface area (Å²) in [5.74, 6) is -2.75. The van der Waals surface area contributed by atoms with Crippen molar-refractivity contribution in [2.45, 2.75) is 12.6 Å².